The van der Waals surface area contributed by atoms with E-state index in [-0.39, 0.29) is 5.75 Å². The van der Waals surface area contributed by atoms with E-state index in [4.69, 9.17) is 5.11 Å². The molecule has 1 aliphatic rings. The largest absolute Gasteiger partial charge is 0.481 e. The molecule has 18 heavy (non-hydrogen) atoms. The topological polar surface area (TPSA) is 80.9 Å². The van der Waals surface area contributed by atoms with E-state index in [0.717, 1.165) is 18.1 Å². The lowest BCUT2D eigenvalue weighted by Crippen LogP contribution is -2.21. The Morgan fingerprint density at radius 3 is 2.78 bits per heavy atom. The number of hydrogen-bond acceptors (Lipinski definition) is 6. The van der Waals surface area contributed by atoms with Crippen LogP contribution in [0.4, 0.5) is 0 Å². The summed E-state index contributed by atoms with van der Waals surface area (Å²) in [6.45, 7) is 0. The molecule has 100 valence electrons. The second kappa shape index (κ2) is 6.42. The van der Waals surface area contributed by atoms with Gasteiger partial charge in [-0.25, -0.2) is 4.68 Å². The lowest BCUT2D eigenvalue weighted by Gasteiger charge is -2.27. The van der Waals surface area contributed by atoms with Gasteiger partial charge in [0.25, 0.3) is 0 Å². The standard InChI is InChI=1S/C10H16N4O2S2/c1-17-8-4-2-7(3-5-8)14-10(11-12-13-14)18-6-9(15)16/h7-8H,2-6H2,1H3,(H,15,16). The van der Waals surface area contributed by atoms with Crippen LogP contribution in [-0.4, -0.2) is 48.5 Å². The van der Waals surface area contributed by atoms with E-state index in [1.54, 1.807) is 4.68 Å². The van der Waals surface area contributed by atoms with E-state index < -0.39 is 5.97 Å². The average Bonchev–Trinajstić information content (AvgIpc) is 2.85. The number of thioether (sulfide) groups is 2. The fourth-order valence-corrected chi connectivity index (χ4v) is 3.57. The Hall–Kier alpha value is -0.760. The van der Waals surface area contributed by atoms with Gasteiger partial charge in [0, 0.05) is 5.25 Å². The molecule has 0 spiro atoms. The van der Waals surface area contributed by atoms with Crippen LogP contribution >= 0.6 is 23.5 Å². The molecule has 2 rings (SSSR count). The summed E-state index contributed by atoms with van der Waals surface area (Å²) >= 11 is 3.10. The molecular weight excluding hydrogens is 272 g/mol. The van der Waals surface area contributed by atoms with Gasteiger partial charge in [-0.15, -0.1) is 5.10 Å². The second-order valence-electron chi connectivity index (χ2n) is 4.25. The summed E-state index contributed by atoms with van der Waals surface area (Å²) in [5.41, 5.74) is 0. The Balaban J connectivity index is 1.96. The highest BCUT2D eigenvalue weighted by atomic mass is 32.2. The van der Waals surface area contributed by atoms with Gasteiger partial charge in [-0.2, -0.15) is 11.8 Å². The zero-order valence-electron chi connectivity index (χ0n) is 10.2. The molecule has 0 radical (unpaired) electrons. The van der Waals surface area contributed by atoms with Crippen LogP contribution in [0.15, 0.2) is 5.16 Å². The molecule has 1 aromatic rings. The molecule has 0 unspecified atom stereocenters. The first-order chi connectivity index (χ1) is 8.70. The van der Waals surface area contributed by atoms with Crippen molar-refractivity contribution in [3.05, 3.63) is 0 Å². The maximum Gasteiger partial charge on any atom is 0.313 e. The number of carbonyl (C=O) groups is 1. The van der Waals surface area contributed by atoms with Crippen LogP contribution in [0.25, 0.3) is 0 Å². The summed E-state index contributed by atoms with van der Waals surface area (Å²) in [5, 5.41) is 21.6. The number of aromatic nitrogens is 4. The zero-order valence-corrected chi connectivity index (χ0v) is 11.8. The molecule has 0 atom stereocenters. The SMILES string of the molecule is CSC1CCC(n2nnnc2SCC(=O)O)CC1. The number of aliphatic carboxylic acids is 1. The van der Waals surface area contributed by atoms with Crippen molar-refractivity contribution in [3.8, 4) is 0 Å². The van der Waals surface area contributed by atoms with Gasteiger partial charge in [0.1, 0.15) is 0 Å². The van der Waals surface area contributed by atoms with Gasteiger partial charge in [0.15, 0.2) is 0 Å². The molecule has 1 fully saturated rings. The molecule has 1 heterocycles. The van der Waals surface area contributed by atoms with Gasteiger partial charge in [0.2, 0.25) is 5.16 Å². The highest BCUT2D eigenvalue weighted by Gasteiger charge is 2.25. The normalized spacial score (nSPS) is 24.1. The van der Waals surface area contributed by atoms with Crippen molar-refractivity contribution >= 4 is 29.5 Å². The molecule has 8 heteroatoms. The van der Waals surface area contributed by atoms with Crippen molar-refractivity contribution in [2.75, 3.05) is 12.0 Å². The first kappa shape index (κ1) is 13.7. The summed E-state index contributed by atoms with van der Waals surface area (Å²) < 4.78 is 1.80. The number of carboxylic acid groups (broad SMARTS) is 1. The Kier molecular flexibility index (Phi) is 4.87. The predicted molar refractivity (Wildman–Crippen MR) is 71.0 cm³/mol. The van der Waals surface area contributed by atoms with Crippen LogP contribution in [0, 0.1) is 0 Å². The zero-order chi connectivity index (χ0) is 13.0. The summed E-state index contributed by atoms with van der Waals surface area (Å²) in [4.78, 5) is 10.6. The summed E-state index contributed by atoms with van der Waals surface area (Å²) in [6.07, 6.45) is 6.63. The Bertz CT molecular complexity index is 404. The van der Waals surface area contributed by atoms with Gasteiger partial charge in [-0.05, 0) is 42.4 Å². The lowest BCUT2D eigenvalue weighted by atomic mass is 9.95. The fourth-order valence-electron chi connectivity index (χ4n) is 2.16. The van der Waals surface area contributed by atoms with Crippen molar-refractivity contribution < 1.29 is 9.90 Å². The van der Waals surface area contributed by atoms with E-state index in [0.29, 0.717) is 11.2 Å². The fraction of sp³-hybridized carbons (Fsp3) is 0.800. The summed E-state index contributed by atoms with van der Waals surface area (Å²) in [5.74, 6) is -0.846. The minimum absolute atomic E-state index is 0.000526. The van der Waals surface area contributed by atoms with Crippen LogP contribution in [-0.2, 0) is 4.79 Å². The summed E-state index contributed by atoms with van der Waals surface area (Å²) in [6, 6.07) is 0.319. The molecule has 6 nitrogen and oxygen atoms in total. The third-order valence-electron chi connectivity index (χ3n) is 3.11. The summed E-state index contributed by atoms with van der Waals surface area (Å²) in [7, 11) is 0. The molecule has 1 N–H and O–H groups in total. The van der Waals surface area contributed by atoms with Crippen molar-refractivity contribution in [1.82, 2.24) is 20.2 Å². The maximum atomic E-state index is 10.6. The van der Waals surface area contributed by atoms with Gasteiger partial charge in [-0.1, -0.05) is 11.8 Å². The molecule has 0 aliphatic heterocycles. The van der Waals surface area contributed by atoms with Crippen LogP contribution < -0.4 is 0 Å². The molecular formula is C10H16N4O2S2. The third-order valence-corrected chi connectivity index (χ3v) is 5.17. The number of hydrogen-bond donors (Lipinski definition) is 1. The van der Waals surface area contributed by atoms with Crippen LogP contribution in [0.1, 0.15) is 31.7 Å². The van der Waals surface area contributed by atoms with Crippen molar-refractivity contribution in [2.24, 2.45) is 0 Å². The Morgan fingerprint density at radius 2 is 2.17 bits per heavy atom. The maximum absolute atomic E-state index is 10.6. The van der Waals surface area contributed by atoms with E-state index >= 15 is 0 Å². The quantitative estimate of drug-likeness (QED) is 0.826. The molecule has 1 aliphatic carbocycles. The van der Waals surface area contributed by atoms with Crippen LogP contribution in [0.5, 0.6) is 0 Å². The van der Waals surface area contributed by atoms with Gasteiger partial charge >= 0.3 is 5.97 Å². The lowest BCUT2D eigenvalue weighted by molar-refractivity contribution is -0.133. The highest BCUT2D eigenvalue weighted by Crippen LogP contribution is 2.34. The molecule has 0 aromatic carbocycles. The molecule has 0 bridgehead atoms. The smallest absolute Gasteiger partial charge is 0.313 e. The molecule has 1 aromatic heterocycles. The van der Waals surface area contributed by atoms with Gasteiger partial charge in [0.05, 0.1) is 11.8 Å². The van der Waals surface area contributed by atoms with Crippen molar-refractivity contribution in [3.63, 3.8) is 0 Å². The van der Waals surface area contributed by atoms with E-state index in [1.165, 1.54) is 24.6 Å². The van der Waals surface area contributed by atoms with Gasteiger partial charge in [-0.3, -0.25) is 4.79 Å². The Morgan fingerprint density at radius 1 is 1.44 bits per heavy atom. The van der Waals surface area contributed by atoms with Gasteiger partial charge < -0.3 is 5.11 Å². The van der Waals surface area contributed by atoms with Crippen LogP contribution in [0.3, 0.4) is 0 Å². The first-order valence-electron chi connectivity index (χ1n) is 5.86. The Labute approximate surface area is 114 Å². The molecule has 0 saturated heterocycles. The minimum atomic E-state index is -0.847. The van der Waals surface area contributed by atoms with E-state index in [9.17, 15) is 4.79 Å². The minimum Gasteiger partial charge on any atom is -0.481 e. The number of tetrazole rings is 1. The number of carboxylic acids is 1. The van der Waals surface area contributed by atoms with Crippen LogP contribution in [0.2, 0.25) is 0 Å². The molecule has 0 amide bonds. The van der Waals surface area contributed by atoms with E-state index in [2.05, 4.69) is 21.8 Å². The highest BCUT2D eigenvalue weighted by molar-refractivity contribution is 7.99. The number of rotatable bonds is 5. The third kappa shape index (κ3) is 3.38. The number of nitrogens with zero attached hydrogens (tertiary/aromatic N) is 4. The first-order valence-corrected chi connectivity index (χ1v) is 8.13. The van der Waals surface area contributed by atoms with Crippen molar-refractivity contribution in [2.45, 2.75) is 42.1 Å². The van der Waals surface area contributed by atoms with E-state index in [1.807, 2.05) is 11.8 Å². The molecule has 1 saturated carbocycles. The average molecular weight is 288 g/mol. The monoisotopic (exact) mass is 288 g/mol. The second-order valence-corrected chi connectivity index (χ2v) is 6.34. The van der Waals surface area contributed by atoms with Crippen molar-refractivity contribution in [1.29, 1.82) is 0 Å². The predicted octanol–water partition coefficient (Wildman–Crippen LogP) is 1.70.